The van der Waals surface area contributed by atoms with Crippen LogP contribution >= 0.6 is 0 Å². The number of aryl methyl sites for hydroxylation is 1. The van der Waals surface area contributed by atoms with Crippen molar-refractivity contribution < 1.29 is 9.59 Å². The van der Waals surface area contributed by atoms with Crippen LogP contribution in [0.1, 0.15) is 23.7 Å². The zero-order chi connectivity index (χ0) is 22.7. The summed E-state index contributed by atoms with van der Waals surface area (Å²) in [5.41, 5.74) is 3.72. The summed E-state index contributed by atoms with van der Waals surface area (Å²) in [5, 5.41) is 0. The highest BCUT2D eigenvalue weighted by atomic mass is 16.2. The summed E-state index contributed by atoms with van der Waals surface area (Å²) in [6.45, 7) is 11.1. The Balaban J connectivity index is 1.68. The average molecular weight is 429 g/mol. The lowest BCUT2D eigenvalue weighted by atomic mass is 10.1. The summed E-state index contributed by atoms with van der Waals surface area (Å²) in [6.07, 6.45) is 3.79. The van der Waals surface area contributed by atoms with Gasteiger partial charge in [0.05, 0.1) is 11.0 Å². The van der Waals surface area contributed by atoms with Crippen LogP contribution in [0.25, 0.3) is 11.0 Å². The number of benzene rings is 2. The molecule has 1 atom stereocenters. The highest BCUT2D eigenvalue weighted by Gasteiger charge is 2.35. The Kier molecular flexibility index (Phi) is 6.21. The lowest BCUT2D eigenvalue weighted by molar-refractivity contribution is -0.130. The van der Waals surface area contributed by atoms with Gasteiger partial charge in [-0.05, 0) is 30.7 Å². The molecule has 6 nitrogen and oxygen atoms in total. The molecule has 2 heterocycles. The molecule has 1 aliphatic rings. The van der Waals surface area contributed by atoms with E-state index in [0.717, 1.165) is 28.1 Å². The molecule has 1 fully saturated rings. The first-order valence-corrected chi connectivity index (χ1v) is 10.8. The molecule has 2 aromatic carbocycles. The maximum atomic E-state index is 13.1. The van der Waals surface area contributed by atoms with Gasteiger partial charge >= 0.3 is 0 Å². The van der Waals surface area contributed by atoms with E-state index in [1.807, 2.05) is 64.9 Å². The number of aromatic nitrogens is 2. The molecule has 0 N–H and O–H groups in total. The summed E-state index contributed by atoms with van der Waals surface area (Å²) in [4.78, 5) is 34.4. The number of anilines is 1. The third kappa shape index (κ3) is 4.08. The van der Waals surface area contributed by atoms with Crippen LogP contribution in [0.5, 0.6) is 0 Å². The topological polar surface area (TPSA) is 58.4 Å². The van der Waals surface area contributed by atoms with Gasteiger partial charge in [0.25, 0.3) is 0 Å². The Hall–Kier alpha value is -3.67. The second-order valence-corrected chi connectivity index (χ2v) is 8.11. The Labute approximate surface area is 188 Å². The minimum atomic E-state index is -0.0884. The fourth-order valence-electron chi connectivity index (χ4n) is 4.38. The molecule has 32 heavy (non-hydrogen) atoms. The van der Waals surface area contributed by atoms with E-state index >= 15 is 0 Å². The molecule has 3 aromatic rings. The van der Waals surface area contributed by atoms with E-state index in [1.165, 1.54) is 0 Å². The summed E-state index contributed by atoms with van der Waals surface area (Å²) in [7, 11) is 0. The van der Waals surface area contributed by atoms with Crippen molar-refractivity contribution in [3.05, 3.63) is 85.2 Å². The number of amides is 2. The molecule has 0 aliphatic carbocycles. The van der Waals surface area contributed by atoms with Crippen LogP contribution in [-0.4, -0.2) is 45.9 Å². The van der Waals surface area contributed by atoms with E-state index < -0.39 is 0 Å². The number of hydrogen-bond donors (Lipinski definition) is 0. The molecule has 0 bridgehead atoms. The minimum Gasteiger partial charge on any atom is -0.334 e. The molecule has 0 spiro atoms. The largest absolute Gasteiger partial charge is 0.334 e. The van der Waals surface area contributed by atoms with Gasteiger partial charge in [-0.1, -0.05) is 42.5 Å². The van der Waals surface area contributed by atoms with E-state index in [-0.39, 0.29) is 24.3 Å². The second kappa shape index (κ2) is 9.22. The predicted molar refractivity (Wildman–Crippen MR) is 128 cm³/mol. The quantitative estimate of drug-likeness (QED) is 0.508. The third-order valence-electron chi connectivity index (χ3n) is 5.93. The van der Waals surface area contributed by atoms with Crippen molar-refractivity contribution in [2.24, 2.45) is 0 Å². The van der Waals surface area contributed by atoms with Crippen LogP contribution in [-0.2, 0) is 16.1 Å². The Bertz CT molecular complexity index is 1170. The van der Waals surface area contributed by atoms with Crippen molar-refractivity contribution in [3.8, 4) is 0 Å². The van der Waals surface area contributed by atoms with Crippen molar-refractivity contribution >= 4 is 28.5 Å². The molecule has 0 radical (unpaired) electrons. The summed E-state index contributed by atoms with van der Waals surface area (Å²) in [5.74, 6) is 0.735. The summed E-state index contributed by atoms with van der Waals surface area (Å²) < 4.78 is 1.97. The number of imidazole rings is 1. The first-order valence-electron chi connectivity index (χ1n) is 10.8. The van der Waals surface area contributed by atoms with Gasteiger partial charge in [0.15, 0.2) is 0 Å². The van der Waals surface area contributed by atoms with E-state index in [1.54, 1.807) is 17.1 Å². The van der Waals surface area contributed by atoms with Crippen LogP contribution in [0.3, 0.4) is 0 Å². The number of hydrogen-bond acceptors (Lipinski definition) is 3. The molecule has 4 rings (SSSR count). The Morgan fingerprint density at radius 3 is 2.53 bits per heavy atom. The second-order valence-electron chi connectivity index (χ2n) is 8.11. The highest BCUT2D eigenvalue weighted by Crippen LogP contribution is 2.34. The van der Waals surface area contributed by atoms with Crippen LogP contribution < -0.4 is 4.90 Å². The van der Waals surface area contributed by atoms with E-state index in [9.17, 15) is 9.59 Å². The van der Waals surface area contributed by atoms with Gasteiger partial charge in [-0.25, -0.2) is 4.98 Å². The third-order valence-corrected chi connectivity index (χ3v) is 5.93. The van der Waals surface area contributed by atoms with Crippen LogP contribution in [0.4, 0.5) is 5.69 Å². The minimum absolute atomic E-state index is 0.0331. The molecule has 1 aromatic heterocycles. The molecular formula is C26H28N4O2. The monoisotopic (exact) mass is 428 g/mol. The van der Waals surface area contributed by atoms with Gasteiger partial charge in [0.1, 0.15) is 12.4 Å². The maximum absolute atomic E-state index is 13.1. The number of para-hydroxylation sites is 3. The number of rotatable bonds is 8. The van der Waals surface area contributed by atoms with E-state index in [2.05, 4.69) is 13.2 Å². The van der Waals surface area contributed by atoms with Gasteiger partial charge in [-0.2, -0.15) is 0 Å². The van der Waals surface area contributed by atoms with Crippen LogP contribution in [0.2, 0.25) is 0 Å². The van der Waals surface area contributed by atoms with Gasteiger partial charge < -0.3 is 14.4 Å². The molecule has 0 unspecified atom stereocenters. The standard InChI is InChI=1S/C26H28N4O2/c1-4-14-28(15-5-2)25(32)18-30-23-13-9-7-11-21(23)27-26(30)20-16-24(31)29(17-20)22-12-8-6-10-19(22)3/h4-13,20H,1-2,14-18H2,3H3/t20-/m0/s1. The number of carbonyl (C=O) groups excluding carboxylic acids is 2. The predicted octanol–water partition coefficient (Wildman–Crippen LogP) is 4.07. The SMILES string of the molecule is C=CCN(CC=C)C(=O)Cn1c([C@H]2CC(=O)N(c3ccccc3C)C2)nc2ccccc21. The molecule has 2 amide bonds. The van der Waals surface area contributed by atoms with Crippen molar-refractivity contribution in [1.29, 1.82) is 0 Å². The van der Waals surface area contributed by atoms with E-state index in [0.29, 0.717) is 26.1 Å². The van der Waals surface area contributed by atoms with Crippen molar-refractivity contribution in [1.82, 2.24) is 14.5 Å². The zero-order valence-corrected chi connectivity index (χ0v) is 18.4. The molecule has 6 heteroatoms. The lowest BCUT2D eigenvalue weighted by Gasteiger charge is -2.22. The first kappa shape index (κ1) is 21.6. The van der Waals surface area contributed by atoms with E-state index in [4.69, 9.17) is 4.98 Å². The number of carbonyl (C=O) groups is 2. The van der Waals surface area contributed by atoms with Crippen molar-refractivity contribution in [2.45, 2.75) is 25.8 Å². The van der Waals surface area contributed by atoms with Crippen molar-refractivity contribution in [2.75, 3.05) is 24.5 Å². The zero-order valence-electron chi connectivity index (χ0n) is 18.4. The number of nitrogens with zero attached hydrogens (tertiary/aromatic N) is 4. The van der Waals surface area contributed by atoms with Gasteiger partial charge in [0, 0.05) is 37.7 Å². The Morgan fingerprint density at radius 1 is 1.12 bits per heavy atom. The molecular weight excluding hydrogens is 400 g/mol. The Morgan fingerprint density at radius 2 is 1.81 bits per heavy atom. The molecule has 1 aliphatic heterocycles. The lowest BCUT2D eigenvalue weighted by Crippen LogP contribution is -2.34. The maximum Gasteiger partial charge on any atom is 0.243 e. The normalized spacial score (nSPS) is 15.8. The summed E-state index contributed by atoms with van der Waals surface area (Å²) in [6, 6.07) is 15.7. The molecule has 1 saturated heterocycles. The van der Waals surface area contributed by atoms with Crippen molar-refractivity contribution in [3.63, 3.8) is 0 Å². The molecule has 164 valence electrons. The fourth-order valence-corrected chi connectivity index (χ4v) is 4.38. The molecule has 0 saturated carbocycles. The van der Waals surface area contributed by atoms with Crippen LogP contribution in [0, 0.1) is 6.92 Å². The fraction of sp³-hybridized carbons (Fsp3) is 0.269. The smallest absolute Gasteiger partial charge is 0.243 e. The van der Waals surface area contributed by atoms with Gasteiger partial charge in [-0.15, -0.1) is 13.2 Å². The first-order chi connectivity index (χ1) is 15.5. The summed E-state index contributed by atoms with van der Waals surface area (Å²) >= 11 is 0. The van der Waals surface area contributed by atoms with Gasteiger partial charge in [0.2, 0.25) is 11.8 Å². The highest BCUT2D eigenvalue weighted by molar-refractivity contribution is 5.97. The number of fused-ring (bicyclic) bond motifs is 1. The average Bonchev–Trinajstić information content (AvgIpc) is 3.34. The van der Waals surface area contributed by atoms with Crippen LogP contribution in [0.15, 0.2) is 73.8 Å². The van der Waals surface area contributed by atoms with Gasteiger partial charge in [-0.3, -0.25) is 9.59 Å².